The average molecular weight is 232 g/mol. The summed E-state index contributed by atoms with van der Waals surface area (Å²) in [6.07, 6.45) is 1.21. The number of aromatic nitrogens is 1. The van der Waals surface area contributed by atoms with Gasteiger partial charge >= 0.3 is 0 Å². The van der Waals surface area contributed by atoms with Crippen molar-refractivity contribution in [1.82, 2.24) is 10.3 Å². The number of aryl methyl sites for hydroxylation is 1. The molecule has 0 saturated carbocycles. The Morgan fingerprint density at radius 2 is 2.31 bits per heavy atom. The smallest absolute Gasteiger partial charge is 0.123 e. The average Bonchev–Trinajstić information content (AvgIpc) is 2.81. The van der Waals surface area contributed by atoms with Crippen LogP contribution in [0.1, 0.15) is 29.8 Å². The third-order valence-electron chi connectivity index (χ3n) is 3.30. The van der Waals surface area contributed by atoms with Crippen LogP contribution in [0.3, 0.4) is 0 Å². The van der Waals surface area contributed by atoms with Crippen LogP contribution in [0.5, 0.6) is 0 Å². The van der Waals surface area contributed by atoms with Crippen LogP contribution in [0, 0.1) is 6.92 Å². The van der Waals surface area contributed by atoms with Crippen LogP contribution in [-0.4, -0.2) is 17.6 Å². The second-order valence-electron chi connectivity index (χ2n) is 4.73. The normalized spacial score (nSPS) is 25.4. The summed E-state index contributed by atoms with van der Waals surface area (Å²) in [6, 6.07) is 7.25. The lowest BCUT2D eigenvalue weighted by Gasteiger charge is -2.07. The molecule has 3 heteroatoms. The highest BCUT2D eigenvalue weighted by Gasteiger charge is 2.23. The maximum atomic E-state index is 4.79. The molecule has 0 aromatic carbocycles. The Bertz CT molecular complexity index is 518. The van der Waals surface area contributed by atoms with E-state index < -0.39 is 0 Å². The molecule has 0 aliphatic carbocycles. The van der Waals surface area contributed by atoms with Crippen molar-refractivity contribution in [1.29, 1.82) is 0 Å². The van der Waals surface area contributed by atoms with Crippen LogP contribution in [0.15, 0.2) is 18.2 Å². The Morgan fingerprint density at radius 3 is 3.06 bits per heavy atom. The summed E-state index contributed by atoms with van der Waals surface area (Å²) in [6.45, 7) is 5.46. The van der Waals surface area contributed by atoms with Crippen LogP contribution in [0.25, 0.3) is 10.2 Å². The minimum atomic E-state index is 0.599. The van der Waals surface area contributed by atoms with Crippen molar-refractivity contribution in [2.24, 2.45) is 0 Å². The van der Waals surface area contributed by atoms with Crippen LogP contribution < -0.4 is 5.32 Å². The molecular weight excluding hydrogens is 216 g/mol. The summed E-state index contributed by atoms with van der Waals surface area (Å²) < 4.78 is 0. The highest BCUT2D eigenvalue weighted by atomic mass is 32.1. The number of hydrogen-bond acceptors (Lipinski definition) is 3. The van der Waals surface area contributed by atoms with Crippen LogP contribution in [-0.2, 0) is 0 Å². The van der Waals surface area contributed by atoms with Crippen molar-refractivity contribution >= 4 is 21.6 Å². The molecule has 3 rings (SSSR count). The first-order valence-corrected chi connectivity index (χ1v) is 6.64. The van der Waals surface area contributed by atoms with E-state index in [0.29, 0.717) is 12.0 Å². The van der Waals surface area contributed by atoms with E-state index in [-0.39, 0.29) is 0 Å². The summed E-state index contributed by atoms with van der Waals surface area (Å²) in [5.74, 6) is 0.599. The Kier molecular flexibility index (Phi) is 2.45. The molecule has 2 aromatic rings. The molecule has 0 amide bonds. The van der Waals surface area contributed by atoms with Gasteiger partial charge in [0.15, 0.2) is 0 Å². The van der Waals surface area contributed by atoms with E-state index >= 15 is 0 Å². The van der Waals surface area contributed by atoms with Crippen molar-refractivity contribution in [3.63, 3.8) is 0 Å². The van der Waals surface area contributed by atoms with Gasteiger partial charge in [-0.05, 0) is 32.4 Å². The minimum absolute atomic E-state index is 0.599. The molecule has 1 fully saturated rings. The molecule has 1 aliphatic heterocycles. The predicted octanol–water partition coefficient (Wildman–Crippen LogP) is 3.07. The Hall–Kier alpha value is -0.930. The lowest BCUT2D eigenvalue weighted by Crippen LogP contribution is -2.16. The molecule has 1 saturated heterocycles. The largest absolute Gasteiger partial charge is 0.314 e. The van der Waals surface area contributed by atoms with Crippen molar-refractivity contribution in [3.8, 4) is 0 Å². The van der Waals surface area contributed by atoms with Gasteiger partial charge in [0.05, 0.1) is 0 Å². The van der Waals surface area contributed by atoms with Gasteiger partial charge in [-0.3, -0.25) is 0 Å². The first kappa shape index (κ1) is 10.2. The molecule has 84 valence electrons. The fourth-order valence-electron chi connectivity index (χ4n) is 2.45. The van der Waals surface area contributed by atoms with E-state index in [9.17, 15) is 0 Å². The van der Waals surface area contributed by atoms with Gasteiger partial charge < -0.3 is 5.32 Å². The van der Waals surface area contributed by atoms with Gasteiger partial charge in [-0.2, -0.15) is 0 Å². The molecule has 2 nitrogen and oxygen atoms in total. The first-order chi connectivity index (χ1) is 7.72. The molecule has 2 atom stereocenters. The summed E-state index contributed by atoms with van der Waals surface area (Å²) >= 11 is 1.79. The van der Waals surface area contributed by atoms with E-state index in [1.807, 2.05) is 0 Å². The molecule has 0 bridgehead atoms. The number of fused-ring (bicyclic) bond motifs is 1. The predicted molar refractivity (Wildman–Crippen MR) is 69.2 cm³/mol. The van der Waals surface area contributed by atoms with E-state index in [2.05, 4.69) is 37.4 Å². The third-order valence-corrected chi connectivity index (χ3v) is 4.26. The van der Waals surface area contributed by atoms with E-state index in [0.717, 1.165) is 6.54 Å². The van der Waals surface area contributed by atoms with Crippen molar-refractivity contribution < 1.29 is 0 Å². The lowest BCUT2D eigenvalue weighted by atomic mass is 10.0. The number of hydrogen-bond donors (Lipinski definition) is 1. The van der Waals surface area contributed by atoms with Gasteiger partial charge in [0.1, 0.15) is 4.83 Å². The van der Waals surface area contributed by atoms with E-state index in [4.69, 9.17) is 4.98 Å². The van der Waals surface area contributed by atoms with Crippen LogP contribution >= 0.6 is 11.3 Å². The Balaban J connectivity index is 1.98. The van der Waals surface area contributed by atoms with Gasteiger partial charge in [-0.1, -0.05) is 6.07 Å². The van der Waals surface area contributed by atoms with Crippen molar-refractivity contribution in [2.45, 2.75) is 32.2 Å². The fraction of sp³-hybridized carbons (Fsp3) is 0.462. The third kappa shape index (κ3) is 1.74. The highest BCUT2D eigenvalue weighted by Crippen LogP contribution is 2.28. The lowest BCUT2D eigenvalue weighted by molar-refractivity contribution is 0.656. The molecule has 0 spiro atoms. The number of nitrogens with zero attached hydrogens (tertiary/aromatic N) is 1. The van der Waals surface area contributed by atoms with E-state index in [1.165, 1.54) is 27.2 Å². The van der Waals surface area contributed by atoms with Crippen LogP contribution in [0.4, 0.5) is 0 Å². The molecule has 1 aliphatic rings. The topological polar surface area (TPSA) is 24.9 Å². The quantitative estimate of drug-likeness (QED) is 0.817. The zero-order chi connectivity index (χ0) is 11.1. The van der Waals surface area contributed by atoms with Gasteiger partial charge in [-0.15, -0.1) is 11.3 Å². The first-order valence-electron chi connectivity index (χ1n) is 5.83. The Labute approximate surface area is 99.7 Å². The zero-order valence-electron chi connectivity index (χ0n) is 9.66. The number of thiophene rings is 1. The maximum absolute atomic E-state index is 4.79. The molecule has 2 aromatic heterocycles. The van der Waals surface area contributed by atoms with Crippen LogP contribution in [0.2, 0.25) is 0 Å². The second kappa shape index (κ2) is 3.82. The standard InChI is InChI=1S/C13H16N2S/c1-8-5-11(7-14-8)12-4-3-10-6-9(2)16-13(10)15-12/h3-4,6,8,11,14H,5,7H2,1-2H3. The van der Waals surface area contributed by atoms with Crippen molar-refractivity contribution in [3.05, 3.63) is 28.8 Å². The highest BCUT2D eigenvalue weighted by molar-refractivity contribution is 7.18. The molecule has 16 heavy (non-hydrogen) atoms. The van der Waals surface area contributed by atoms with Crippen molar-refractivity contribution in [2.75, 3.05) is 6.54 Å². The number of rotatable bonds is 1. The second-order valence-corrected chi connectivity index (χ2v) is 5.96. The molecule has 1 N–H and O–H groups in total. The molecule has 3 heterocycles. The van der Waals surface area contributed by atoms with Gasteiger partial charge in [0.25, 0.3) is 0 Å². The fourth-order valence-corrected chi connectivity index (χ4v) is 3.33. The summed E-state index contributed by atoms with van der Waals surface area (Å²) in [5.41, 5.74) is 1.26. The number of pyridine rings is 1. The van der Waals surface area contributed by atoms with Gasteiger partial charge in [0.2, 0.25) is 0 Å². The summed E-state index contributed by atoms with van der Waals surface area (Å²) in [7, 11) is 0. The summed E-state index contributed by atoms with van der Waals surface area (Å²) in [5, 5.41) is 4.77. The maximum Gasteiger partial charge on any atom is 0.123 e. The monoisotopic (exact) mass is 232 g/mol. The Morgan fingerprint density at radius 1 is 1.44 bits per heavy atom. The minimum Gasteiger partial charge on any atom is -0.314 e. The molecule has 2 unspecified atom stereocenters. The van der Waals surface area contributed by atoms with Gasteiger partial charge in [-0.25, -0.2) is 4.98 Å². The zero-order valence-corrected chi connectivity index (χ0v) is 10.5. The van der Waals surface area contributed by atoms with Gasteiger partial charge in [0, 0.05) is 34.5 Å². The summed E-state index contributed by atoms with van der Waals surface area (Å²) in [4.78, 5) is 7.33. The SMILES string of the molecule is Cc1cc2ccc(C3CNC(C)C3)nc2s1. The number of nitrogens with one attached hydrogen (secondary N) is 1. The molecular formula is C13H16N2S. The van der Waals surface area contributed by atoms with E-state index in [1.54, 1.807) is 11.3 Å². The molecule has 0 radical (unpaired) electrons.